The first kappa shape index (κ1) is 15.7. The molecule has 0 saturated carbocycles. The van der Waals surface area contributed by atoms with E-state index >= 15 is 0 Å². The van der Waals surface area contributed by atoms with Gasteiger partial charge in [-0.2, -0.15) is 0 Å². The zero-order valence-corrected chi connectivity index (χ0v) is 13.2. The van der Waals surface area contributed by atoms with E-state index in [1.807, 2.05) is 6.07 Å². The van der Waals surface area contributed by atoms with E-state index in [9.17, 15) is 4.79 Å². The molecule has 1 amide bonds. The van der Waals surface area contributed by atoms with Crippen molar-refractivity contribution in [1.29, 1.82) is 0 Å². The third kappa shape index (κ3) is 4.16. The van der Waals surface area contributed by atoms with Crippen LogP contribution < -0.4 is 4.74 Å². The number of rotatable bonds is 5. The third-order valence-corrected chi connectivity index (χ3v) is 3.43. The summed E-state index contributed by atoms with van der Waals surface area (Å²) in [6.07, 6.45) is 0.907. The molecule has 0 saturated heterocycles. The van der Waals surface area contributed by atoms with Crippen LogP contribution in [0, 0.1) is 0 Å². The Hall–Kier alpha value is -1.65. The highest BCUT2D eigenvalue weighted by Crippen LogP contribution is 2.28. The number of carbonyl (C=O) groups excluding carboxylic acids is 1. The van der Waals surface area contributed by atoms with E-state index in [0.717, 1.165) is 0 Å². The summed E-state index contributed by atoms with van der Waals surface area (Å²) in [5.74, 6) is 0.966. The van der Waals surface area contributed by atoms with Gasteiger partial charge in [-0.05, 0) is 37.3 Å². The predicted molar refractivity (Wildman–Crippen MR) is 81.7 cm³/mol. The Balaban J connectivity index is 1.98. The van der Waals surface area contributed by atoms with Gasteiger partial charge < -0.3 is 14.1 Å². The lowest BCUT2D eigenvalue weighted by atomic mass is 10.3. The Bertz CT molecular complexity index is 613. The Kier molecular flexibility index (Phi) is 5.15. The molecule has 1 aromatic heterocycles. The number of hydrogen-bond donors (Lipinski definition) is 0. The summed E-state index contributed by atoms with van der Waals surface area (Å²) >= 11 is 11.8. The summed E-state index contributed by atoms with van der Waals surface area (Å²) in [4.78, 5) is 13.8. The van der Waals surface area contributed by atoms with E-state index in [-0.39, 0.29) is 5.91 Å². The van der Waals surface area contributed by atoms with Gasteiger partial charge in [0.1, 0.15) is 11.5 Å². The highest BCUT2D eigenvalue weighted by molar-refractivity contribution is 6.35. The second kappa shape index (κ2) is 6.87. The second-order valence-electron chi connectivity index (χ2n) is 4.61. The summed E-state index contributed by atoms with van der Waals surface area (Å²) in [6.45, 7) is 2.06. The lowest BCUT2D eigenvalue weighted by Crippen LogP contribution is -2.37. The van der Waals surface area contributed by atoms with Crippen molar-refractivity contribution in [3.8, 4) is 5.75 Å². The Morgan fingerprint density at radius 3 is 2.76 bits per heavy atom. The van der Waals surface area contributed by atoms with Crippen LogP contribution in [0.25, 0.3) is 0 Å². The number of ether oxygens (including phenoxy) is 1. The third-order valence-electron chi connectivity index (χ3n) is 2.89. The number of carbonyl (C=O) groups is 1. The van der Waals surface area contributed by atoms with E-state index in [0.29, 0.717) is 28.1 Å². The first-order valence-electron chi connectivity index (χ1n) is 6.36. The fourth-order valence-corrected chi connectivity index (χ4v) is 2.29. The molecule has 0 aliphatic carbocycles. The molecule has 1 atom stereocenters. The molecule has 2 rings (SSSR count). The van der Waals surface area contributed by atoms with E-state index in [1.165, 1.54) is 4.90 Å². The standard InChI is InChI=1S/C15H15Cl2NO3/c1-10(21-14-6-5-11(16)8-13(14)17)15(19)18(2)9-12-4-3-7-20-12/h3-8,10H,9H2,1-2H3. The van der Waals surface area contributed by atoms with Crippen LogP contribution in [0.5, 0.6) is 5.75 Å². The molecule has 0 N–H and O–H groups in total. The molecule has 112 valence electrons. The molecular formula is C15H15Cl2NO3. The van der Waals surface area contributed by atoms with Crippen LogP contribution in [0.1, 0.15) is 12.7 Å². The van der Waals surface area contributed by atoms with Crippen molar-refractivity contribution in [2.75, 3.05) is 7.05 Å². The summed E-state index contributed by atoms with van der Waals surface area (Å²) in [6, 6.07) is 8.46. The number of benzene rings is 1. The van der Waals surface area contributed by atoms with Crippen molar-refractivity contribution >= 4 is 29.1 Å². The highest BCUT2D eigenvalue weighted by Gasteiger charge is 2.21. The van der Waals surface area contributed by atoms with Crippen LogP contribution in [0.15, 0.2) is 41.0 Å². The van der Waals surface area contributed by atoms with Crippen molar-refractivity contribution in [1.82, 2.24) is 4.90 Å². The predicted octanol–water partition coefficient (Wildman–Crippen LogP) is 4.01. The van der Waals surface area contributed by atoms with Gasteiger partial charge in [-0.15, -0.1) is 0 Å². The fourth-order valence-electron chi connectivity index (χ4n) is 1.84. The first-order chi connectivity index (χ1) is 9.97. The van der Waals surface area contributed by atoms with Gasteiger partial charge in [0.25, 0.3) is 5.91 Å². The number of nitrogens with zero attached hydrogens (tertiary/aromatic N) is 1. The summed E-state index contributed by atoms with van der Waals surface area (Å²) in [5, 5.41) is 0.886. The van der Waals surface area contributed by atoms with Crippen molar-refractivity contribution < 1.29 is 13.9 Å². The zero-order chi connectivity index (χ0) is 15.4. The monoisotopic (exact) mass is 327 g/mol. The molecule has 0 bridgehead atoms. The Morgan fingerprint density at radius 2 is 2.14 bits per heavy atom. The van der Waals surface area contributed by atoms with Crippen LogP contribution in [0.2, 0.25) is 10.0 Å². The molecule has 0 spiro atoms. The van der Waals surface area contributed by atoms with Gasteiger partial charge in [0, 0.05) is 12.1 Å². The molecule has 1 heterocycles. The minimum Gasteiger partial charge on any atom is -0.479 e. The molecule has 2 aromatic rings. The van der Waals surface area contributed by atoms with Crippen LogP contribution in [0.3, 0.4) is 0 Å². The summed E-state index contributed by atoms with van der Waals surface area (Å²) < 4.78 is 10.8. The average Bonchev–Trinajstić information content (AvgIpc) is 2.93. The van der Waals surface area contributed by atoms with E-state index in [2.05, 4.69) is 0 Å². The molecule has 4 nitrogen and oxygen atoms in total. The SMILES string of the molecule is CC(Oc1ccc(Cl)cc1Cl)C(=O)N(C)Cc1ccco1. The largest absolute Gasteiger partial charge is 0.479 e. The van der Waals surface area contributed by atoms with Gasteiger partial charge in [0.2, 0.25) is 0 Å². The zero-order valence-electron chi connectivity index (χ0n) is 11.7. The smallest absolute Gasteiger partial charge is 0.263 e. The quantitative estimate of drug-likeness (QED) is 0.833. The van der Waals surface area contributed by atoms with Gasteiger partial charge >= 0.3 is 0 Å². The maximum Gasteiger partial charge on any atom is 0.263 e. The fraction of sp³-hybridized carbons (Fsp3) is 0.267. The number of hydrogen-bond acceptors (Lipinski definition) is 3. The number of furan rings is 1. The summed E-state index contributed by atoms with van der Waals surface area (Å²) in [5.41, 5.74) is 0. The van der Waals surface area contributed by atoms with Crippen molar-refractivity contribution in [3.63, 3.8) is 0 Å². The van der Waals surface area contributed by atoms with E-state index < -0.39 is 6.10 Å². The van der Waals surface area contributed by atoms with Crippen molar-refractivity contribution in [2.45, 2.75) is 19.6 Å². The first-order valence-corrected chi connectivity index (χ1v) is 7.12. The second-order valence-corrected chi connectivity index (χ2v) is 5.45. The Morgan fingerprint density at radius 1 is 1.38 bits per heavy atom. The van der Waals surface area contributed by atoms with Crippen molar-refractivity contribution in [2.24, 2.45) is 0 Å². The maximum absolute atomic E-state index is 12.2. The van der Waals surface area contributed by atoms with Gasteiger partial charge in [0.15, 0.2) is 6.10 Å². The Labute approximate surface area is 133 Å². The van der Waals surface area contributed by atoms with Crippen LogP contribution in [-0.2, 0) is 11.3 Å². The maximum atomic E-state index is 12.2. The summed E-state index contributed by atoms with van der Waals surface area (Å²) in [7, 11) is 1.69. The number of likely N-dealkylation sites (N-methyl/N-ethyl adjacent to an activating group) is 1. The normalized spacial score (nSPS) is 12.0. The minimum atomic E-state index is -0.663. The molecule has 0 aliphatic heterocycles. The van der Waals surface area contributed by atoms with Gasteiger partial charge in [-0.25, -0.2) is 0 Å². The average molecular weight is 328 g/mol. The van der Waals surface area contributed by atoms with E-state index in [1.54, 1.807) is 44.5 Å². The molecule has 0 aliphatic rings. The molecule has 1 aromatic carbocycles. The van der Waals surface area contributed by atoms with Crippen LogP contribution in [0.4, 0.5) is 0 Å². The lowest BCUT2D eigenvalue weighted by molar-refractivity contribution is -0.137. The van der Waals surface area contributed by atoms with Gasteiger partial charge in [-0.3, -0.25) is 4.79 Å². The number of amides is 1. The molecule has 0 fully saturated rings. The van der Waals surface area contributed by atoms with Crippen molar-refractivity contribution in [3.05, 3.63) is 52.4 Å². The number of halogens is 2. The lowest BCUT2D eigenvalue weighted by Gasteiger charge is -2.21. The molecule has 0 radical (unpaired) electrons. The van der Waals surface area contributed by atoms with Gasteiger partial charge in [0.05, 0.1) is 17.8 Å². The molecule has 21 heavy (non-hydrogen) atoms. The topological polar surface area (TPSA) is 42.7 Å². The van der Waals surface area contributed by atoms with Crippen LogP contribution in [-0.4, -0.2) is 24.0 Å². The molecule has 6 heteroatoms. The highest BCUT2D eigenvalue weighted by atomic mass is 35.5. The molecule has 1 unspecified atom stereocenters. The minimum absolute atomic E-state index is 0.169. The van der Waals surface area contributed by atoms with Crippen LogP contribution >= 0.6 is 23.2 Å². The molecular weight excluding hydrogens is 313 g/mol. The van der Waals surface area contributed by atoms with Gasteiger partial charge in [-0.1, -0.05) is 23.2 Å². The van der Waals surface area contributed by atoms with E-state index in [4.69, 9.17) is 32.4 Å².